The molecule has 0 aliphatic heterocycles. The second kappa shape index (κ2) is 10.4. The Morgan fingerprint density at radius 3 is 2.86 bits per heavy atom. The third-order valence-corrected chi connectivity index (χ3v) is 5.47. The number of benzene rings is 1. The minimum atomic E-state index is -0.346. The Kier molecular flexibility index (Phi) is 7.60. The molecule has 0 atom stereocenters. The van der Waals surface area contributed by atoms with Crippen molar-refractivity contribution in [3.8, 4) is 11.3 Å². The Labute approximate surface area is 166 Å². The summed E-state index contributed by atoms with van der Waals surface area (Å²) in [6.45, 7) is 1.69. The molecule has 1 aromatic heterocycles. The quantitative estimate of drug-likeness (QED) is 0.656. The predicted molar refractivity (Wildman–Crippen MR) is 107 cm³/mol. The van der Waals surface area contributed by atoms with E-state index in [4.69, 9.17) is 4.42 Å². The number of carbonyl (C=O) groups excluding carboxylic acids is 1. The van der Waals surface area contributed by atoms with Crippen molar-refractivity contribution in [3.05, 3.63) is 42.2 Å². The van der Waals surface area contributed by atoms with Crippen LogP contribution in [0.2, 0.25) is 0 Å². The first kappa shape index (κ1) is 20.5. The number of amides is 1. The van der Waals surface area contributed by atoms with Gasteiger partial charge >= 0.3 is 0 Å². The smallest absolute Gasteiger partial charge is 0.220 e. The first-order valence-corrected chi connectivity index (χ1v) is 10.3. The summed E-state index contributed by atoms with van der Waals surface area (Å²) in [5.74, 6) is 0.483. The third kappa shape index (κ3) is 5.89. The third-order valence-electron chi connectivity index (χ3n) is 5.47. The summed E-state index contributed by atoms with van der Waals surface area (Å²) in [5, 5.41) is 2.96. The van der Waals surface area contributed by atoms with Gasteiger partial charge in [0.2, 0.25) is 5.91 Å². The molecule has 1 N–H and O–H groups in total. The maximum Gasteiger partial charge on any atom is 0.220 e. The molecule has 0 unspecified atom stereocenters. The predicted octanol–water partition coefficient (Wildman–Crippen LogP) is 4.18. The highest BCUT2D eigenvalue weighted by Crippen LogP contribution is 2.23. The first-order chi connectivity index (χ1) is 13.6. The van der Waals surface area contributed by atoms with Gasteiger partial charge in [-0.25, -0.2) is 9.37 Å². The Hall–Kier alpha value is -2.21. The van der Waals surface area contributed by atoms with Crippen LogP contribution in [0, 0.1) is 5.82 Å². The number of halogens is 1. The average Bonchev–Trinajstić information content (AvgIpc) is 3.19. The Morgan fingerprint density at radius 2 is 2.07 bits per heavy atom. The van der Waals surface area contributed by atoms with Gasteiger partial charge in [0.1, 0.15) is 5.82 Å². The van der Waals surface area contributed by atoms with Crippen LogP contribution < -0.4 is 5.32 Å². The lowest BCUT2D eigenvalue weighted by Crippen LogP contribution is -2.35. The molecule has 2 aromatic rings. The van der Waals surface area contributed by atoms with Gasteiger partial charge in [0.05, 0.1) is 11.8 Å². The summed E-state index contributed by atoms with van der Waals surface area (Å²) in [7, 11) is 2.19. The molecule has 3 rings (SSSR count). The van der Waals surface area contributed by atoms with E-state index in [1.165, 1.54) is 44.4 Å². The van der Waals surface area contributed by atoms with Crippen molar-refractivity contribution in [1.29, 1.82) is 0 Å². The van der Waals surface area contributed by atoms with Gasteiger partial charge in [-0.1, -0.05) is 31.4 Å². The minimum absolute atomic E-state index is 0.00837. The molecule has 1 fully saturated rings. The standard InChI is InChI=1S/C22H30FN3O2/c1-26(17-8-3-2-4-9-17)15-7-14-24-21(27)12-13-22-25-16-20(28-22)18-10-5-6-11-19(18)23/h5-6,10-11,16-17H,2-4,7-9,12-15H2,1H3,(H,24,27). The van der Waals surface area contributed by atoms with E-state index < -0.39 is 0 Å². The molecule has 1 amide bonds. The van der Waals surface area contributed by atoms with Crippen LogP contribution >= 0.6 is 0 Å². The first-order valence-electron chi connectivity index (χ1n) is 10.3. The number of aryl methyl sites for hydroxylation is 1. The molecule has 1 aliphatic carbocycles. The number of aromatic nitrogens is 1. The van der Waals surface area contributed by atoms with Crippen molar-refractivity contribution in [2.45, 2.75) is 57.4 Å². The van der Waals surface area contributed by atoms with Crippen LogP contribution in [-0.2, 0) is 11.2 Å². The summed E-state index contributed by atoms with van der Waals surface area (Å²) in [6, 6.07) is 7.12. The highest BCUT2D eigenvalue weighted by atomic mass is 19.1. The van der Waals surface area contributed by atoms with Gasteiger partial charge in [0.25, 0.3) is 0 Å². The summed E-state index contributed by atoms with van der Waals surface area (Å²) in [6.07, 6.45) is 9.82. The number of nitrogens with one attached hydrogen (secondary N) is 1. The van der Waals surface area contributed by atoms with E-state index in [0.29, 0.717) is 42.6 Å². The Morgan fingerprint density at radius 1 is 1.29 bits per heavy atom. The van der Waals surface area contributed by atoms with E-state index in [-0.39, 0.29) is 11.7 Å². The van der Waals surface area contributed by atoms with Crippen molar-refractivity contribution in [3.63, 3.8) is 0 Å². The molecule has 0 bridgehead atoms. The van der Waals surface area contributed by atoms with Crippen LogP contribution in [0.1, 0.15) is 50.8 Å². The van der Waals surface area contributed by atoms with E-state index in [2.05, 4.69) is 22.2 Å². The van der Waals surface area contributed by atoms with Crippen LogP contribution in [0.4, 0.5) is 4.39 Å². The maximum absolute atomic E-state index is 13.8. The molecule has 0 saturated heterocycles. The van der Waals surface area contributed by atoms with Gasteiger partial charge in [-0.05, 0) is 45.0 Å². The molecule has 1 aromatic carbocycles. The number of hydrogen-bond donors (Lipinski definition) is 1. The summed E-state index contributed by atoms with van der Waals surface area (Å²) in [5.41, 5.74) is 0.382. The number of rotatable bonds is 9. The second-order valence-corrected chi connectivity index (χ2v) is 7.57. The SMILES string of the molecule is CN(CCCNC(=O)CCc1ncc(-c2ccccc2F)o1)C1CCCCC1. The largest absolute Gasteiger partial charge is 0.441 e. The molecular formula is C22H30FN3O2. The van der Waals surface area contributed by atoms with E-state index in [1.807, 2.05) is 0 Å². The van der Waals surface area contributed by atoms with E-state index >= 15 is 0 Å². The monoisotopic (exact) mass is 387 g/mol. The molecule has 5 nitrogen and oxygen atoms in total. The van der Waals surface area contributed by atoms with E-state index in [9.17, 15) is 9.18 Å². The normalized spacial score (nSPS) is 15.1. The summed E-state index contributed by atoms with van der Waals surface area (Å²) in [4.78, 5) is 18.6. The zero-order valence-electron chi connectivity index (χ0n) is 16.6. The Balaban J connectivity index is 1.34. The van der Waals surface area contributed by atoms with Crippen LogP contribution in [0.15, 0.2) is 34.9 Å². The van der Waals surface area contributed by atoms with E-state index in [1.54, 1.807) is 18.2 Å². The Bertz CT molecular complexity index is 756. The molecular weight excluding hydrogens is 357 g/mol. The molecule has 1 saturated carbocycles. The lowest BCUT2D eigenvalue weighted by molar-refractivity contribution is -0.121. The van der Waals surface area contributed by atoms with E-state index in [0.717, 1.165) is 13.0 Å². The van der Waals surface area contributed by atoms with Crippen LogP contribution in [-0.4, -0.2) is 42.0 Å². The minimum Gasteiger partial charge on any atom is -0.441 e. The number of hydrogen-bond acceptors (Lipinski definition) is 4. The molecule has 152 valence electrons. The lowest BCUT2D eigenvalue weighted by Gasteiger charge is -2.31. The van der Waals surface area contributed by atoms with Crippen molar-refractivity contribution in [1.82, 2.24) is 15.2 Å². The topological polar surface area (TPSA) is 58.4 Å². The van der Waals surface area contributed by atoms with Gasteiger partial charge in [-0.2, -0.15) is 0 Å². The fourth-order valence-corrected chi connectivity index (χ4v) is 3.78. The molecule has 1 aliphatic rings. The summed E-state index contributed by atoms with van der Waals surface area (Å²) >= 11 is 0. The van der Waals surface area contributed by atoms with Crippen molar-refractivity contribution >= 4 is 5.91 Å². The number of oxazole rings is 1. The number of nitrogens with zero attached hydrogens (tertiary/aromatic N) is 2. The van der Waals surface area contributed by atoms with Gasteiger partial charge in [0, 0.05) is 25.4 Å². The van der Waals surface area contributed by atoms with Gasteiger partial charge in [-0.15, -0.1) is 0 Å². The molecule has 0 radical (unpaired) electrons. The molecule has 28 heavy (non-hydrogen) atoms. The van der Waals surface area contributed by atoms with Crippen molar-refractivity contribution in [2.24, 2.45) is 0 Å². The van der Waals surface area contributed by atoms with Gasteiger partial charge in [-0.3, -0.25) is 4.79 Å². The summed E-state index contributed by atoms with van der Waals surface area (Å²) < 4.78 is 19.4. The van der Waals surface area contributed by atoms with Crippen molar-refractivity contribution in [2.75, 3.05) is 20.1 Å². The van der Waals surface area contributed by atoms with Crippen molar-refractivity contribution < 1.29 is 13.6 Å². The fraction of sp³-hybridized carbons (Fsp3) is 0.545. The fourth-order valence-electron chi connectivity index (χ4n) is 3.78. The van der Waals surface area contributed by atoms with Crippen LogP contribution in [0.5, 0.6) is 0 Å². The maximum atomic E-state index is 13.8. The highest BCUT2D eigenvalue weighted by molar-refractivity contribution is 5.76. The van der Waals surface area contributed by atoms with Crippen LogP contribution in [0.3, 0.4) is 0 Å². The lowest BCUT2D eigenvalue weighted by atomic mass is 9.94. The highest BCUT2D eigenvalue weighted by Gasteiger charge is 2.17. The second-order valence-electron chi connectivity index (χ2n) is 7.57. The molecule has 0 spiro atoms. The zero-order valence-corrected chi connectivity index (χ0v) is 16.6. The molecule has 1 heterocycles. The average molecular weight is 387 g/mol. The molecule has 6 heteroatoms. The van der Waals surface area contributed by atoms with Crippen LogP contribution in [0.25, 0.3) is 11.3 Å². The van der Waals surface area contributed by atoms with Gasteiger partial charge in [0.15, 0.2) is 11.7 Å². The van der Waals surface area contributed by atoms with Gasteiger partial charge < -0.3 is 14.6 Å². The zero-order chi connectivity index (χ0) is 19.8. The number of carbonyl (C=O) groups is 1.